The van der Waals surface area contributed by atoms with Gasteiger partial charge in [0, 0.05) is 5.41 Å². The Kier molecular flexibility index (Phi) is 4.15. The van der Waals surface area contributed by atoms with Gasteiger partial charge in [-0.15, -0.1) is 0 Å². The Bertz CT molecular complexity index is 283. The molecule has 1 fully saturated rings. The van der Waals surface area contributed by atoms with Crippen molar-refractivity contribution in [3.05, 3.63) is 0 Å². The molecule has 1 aliphatic carbocycles. The zero-order chi connectivity index (χ0) is 12.2. The van der Waals surface area contributed by atoms with Crippen LogP contribution in [0.1, 0.15) is 46.0 Å². The maximum Gasteiger partial charge on any atom is 0.226 e. The first-order valence-electron chi connectivity index (χ1n) is 5.78. The second-order valence-corrected chi connectivity index (χ2v) is 4.84. The molecule has 0 spiro atoms. The van der Waals surface area contributed by atoms with Crippen molar-refractivity contribution in [2.75, 3.05) is 0 Å². The standard InChI is InChI=1S/C11H21N3O2/c1-8(9(12)14-16)13-10(15)11(2)6-4-3-5-7-11/h8,16H,3-7H2,1-2H3,(H2,12,14)(H,13,15). The number of hydrogen-bond donors (Lipinski definition) is 3. The van der Waals surface area contributed by atoms with E-state index in [-0.39, 0.29) is 17.2 Å². The van der Waals surface area contributed by atoms with Crippen LogP contribution in [0.5, 0.6) is 0 Å². The first kappa shape index (κ1) is 12.8. The van der Waals surface area contributed by atoms with Crippen molar-refractivity contribution in [1.82, 2.24) is 5.32 Å². The van der Waals surface area contributed by atoms with Gasteiger partial charge >= 0.3 is 0 Å². The van der Waals surface area contributed by atoms with Gasteiger partial charge in [-0.05, 0) is 19.8 Å². The predicted molar refractivity (Wildman–Crippen MR) is 62.2 cm³/mol. The maximum absolute atomic E-state index is 12.0. The Labute approximate surface area is 96.1 Å². The monoisotopic (exact) mass is 227 g/mol. The molecule has 1 aliphatic rings. The molecule has 1 atom stereocenters. The Morgan fingerprint density at radius 2 is 2.00 bits per heavy atom. The molecule has 0 radical (unpaired) electrons. The quantitative estimate of drug-likeness (QED) is 0.293. The van der Waals surface area contributed by atoms with Crippen molar-refractivity contribution in [1.29, 1.82) is 0 Å². The Hall–Kier alpha value is -1.26. The molecule has 0 saturated heterocycles. The second-order valence-electron chi connectivity index (χ2n) is 4.84. The lowest BCUT2D eigenvalue weighted by atomic mass is 9.75. The van der Waals surface area contributed by atoms with E-state index in [1.54, 1.807) is 6.92 Å². The van der Waals surface area contributed by atoms with E-state index < -0.39 is 6.04 Å². The molecule has 0 bridgehead atoms. The van der Waals surface area contributed by atoms with Crippen molar-refractivity contribution >= 4 is 11.7 Å². The fourth-order valence-electron chi connectivity index (χ4n) is 2.09. The van der Waals surface area contributed by atoms with E-state index in [1.165, 1.54) is 6.42 Å². The highest BCUT2D eigenvalue weighted by atomic mass is 16.4. The number of rotatable bonds is 3. The number of nitrogens with zero attached hydrogens (tertiary/aromatic N) is 1. The van der Waals surface area contributed by atoms with Crippen LogP contribution in [0.4, 0.5) is 0 Å². The topological polar surface area (TPSA) is 87.7 Å². The number of amides is 1. The van der Waals surface area contributed by atoms with Gasteiger partial charge in [-0.1, -0.05) is 31.3 Å². The van der Waals surface area contributed by atoms with Crippen molar-refractivity contribution in [2.24, 2.45) is 16.3 Å². The lowest BCUT2D eigenvalue weighted by Gasteiger charge is -2.33. The number of carbonyl (C=O) groups is 1. The molecule has 5 heteroatoms. The fraction of sp³-hybridized carbons (Fsp3) is 0.818. The molecule has 5 nitrogen and oxygen atoms in total. The van der Waals surface area contributed by atoms with Gasteiger partial charge in [0.25, 0.3) is 0 Å². The zero-order valence-corrected chi connectivity index (χ0v) is 9.99. The van der Waals surface area contributed by atoms with Gasteiger partial charge in [0.1, 0.15) is 0 Å². The number of carbonyl (C=O) groups excluding carboxylic acids is 1. The van der Waals surface area contributed by atoms with Gasteiger partial charge in [0.15, 0.2) is 5.84 Å². The summed E-state index contributed by atoms with van der Waals surface area (Å²) in [7, 11) is 0. The second kappa shape index (κ2) is 5.18. The van der Waals surface area contributed by atoms with Gasteiger partial charge in [0.05, 0.1) is 6.04 Å². The highest BCUT2D eigenvalue weighted by Gasteiger charge is 2.35. The largest absolute Gasteiger partial charge is 0.409 e. The summed E-state index contributed by atoms with van der Waals surface area (Å²) in [5.41, 5.74) is 5.13. The van der Waals surface area contributed by atoms with Crippen LogP contribution in [0.25, 0.3) is 0 Å². The van der Waals surface area contributed by atoms with Crippen LogP contribution in [0.3, 0.4) is 0 Å². The predicted octanol–water partition coefficient (Wildman–Crippen LogP) is 1.21. The van der Waals surface area contributed by atoms with E-state index in [2.05, 4.69) is 10.5 Å². The summed E-state index contributed by atoms with van der Waals surface area (Å²) in [5.74, 6) is 0.0408. The van der Waals surface area contributed by atoms with Crippen molar-refractivity contribution in [3.8, 4) is 0 Å². The fourth-order valence-corrected chi connectivity index (χ4v) is 2.09. The van der Waals surface area contributed by atoms with E-state index in [1.807, 2.05) is 6.92 Å². The van der Waals surface area contributed by atoms with Gasteiger partial charge in [0.2, 0.25) is 5.91 Å². The lowest BCUT2D eigenvalue weighted by Crippen LogP contribution is -2.48. The van der Waals surface area contributed by atoms with Crippen LogP contribution in [-0.4, -0.2) is 23.0 Å². The maximum atomic E-state index is 12.0. The molecule has 92 valence electrons. The van der Waals surface area contributed by atoms with Crippen LogP contribution in [-0.2, 0) is 4.79 Å². The average molecular weight is 227 g/mol. The first-order valence-corrected chi connectivity index (χ1v) is 5.78. The van der Waals surface area contributed by atoms with Crippen LogP contribution >= 0.6 is 0 Å². The molecule has 1 saturated carbocycles. The molecule has 1 rings (SSSR count). The highest BCUT2D eigenvalue weighted by molar-refractivity contribution is 5.91. The van der Waals surface area contributed by atoms with E-state index in [4.69, 9.17) is 10.9 Å². The highest BCUT2D eigenvalue weighted by Crippen LogP contribution is 2.35. The molecule has 0 heterocycles. The summed E-state index contributed by atoms with van der Waals surface area (Å²) >= 11 is 0. The molecule has 0 aliphatic heterocycles. The Morgan fingerprint density at radius 3 is 2.50 bits per heavy atom. The molecular formula is C11H21N3O2. The third-order valence-electron chi connectivity index (χ3n) is 3.41. The zero-order valence-electron chi connectivity index (χ0n) is 9.99. The lowest BCUT2D eigenvalue weighted by molar-refractivity contribution is -0.132. The number of nitrogens with one attached hydrogen (secondary N) is 1. The minimum atomic E-state index is -0.420. The van der Waals surface area contributed by atoms with E-state index in [0.717, 1.165) is 25.7 Å². The molecular weight excluding hydrogens is 206 g/mol. The van der Waals surface area contributed by atoms with Gasteiger partial charge in [-0.3, -0.25) is 4.79 Å². The van der Waals surface area contributed by atoms with E-state index in [9.17, 15) is 4.79 Å². The van der Waals surface area contributed by atoms with Crippen LogP contribution in [0, 0.1) is 5.41 Å². The van der Waals surface area contributed by atoms with Crippen LogP contribution in [0.2, 0.25) is 0 Å². The van der Waals surface area contributed by atoms with Crippen molar-refractivity contribution in [2.45, 2.75) is 52.0 Å². The number of oxime groups is 1. The summed E-state index contributed by atoms with van der Waals surface area (Å²) in [4.78, 5) is 12.0. The van der Waals surface area contributed by atoms with Gasteiger partial charge in [-0.2, -0.15) is 0 Å². The molecule has 0 aromatic carbocycles. The molecule has 4 N–H and O–H groups in total. The molecule has 1 unspecified atom stereocenters. The van der Waals surface area contributed by atoms with Crippen molar-refractivity contribution in [3.63, 3.8) is 0 Å². The Balaban J connectivity index is 2.57. The van der Waals surface area contributed by atoms with Crippen molar-refractivity contribution < 1.29 is 10.0 Å². The average Bonchev–Trinajstić information content (AvgIpc) is 2.28. The number of amidine groups is 1. The Morgan fingerprint density at radius 1 is 1.44 bits per heavy atom. The SMILES string of the molecule is CC(NC(=O)C1(C)CCCCC1)C(N)=NO. The summed E-state index contributed by atoms with van der Waals surface area (Å²) < 4.78 is 0. The van der Waals surface area contributed by atoms with Crippen LogP contribution in [0.15, 0.2) is 5.16 Å². The van der Waals surface area contributed by atoms with E-state index in [0.29, 0.717) is 0 Å². The van der Waals surface area contributed by atoms with E-state index >= 15 is 0 Å². The molecule has 0 aromatic rings. The third kappa shape index (κ3) is 2.87. The normalized spacial score (nSPS) is 22.5. The summed E-state index contributed by atoms with van der Waals surface area (Å²) in [6, 6.07) is -0.420. The minimum Gasteiger partial charge on any atom is -0.409 e. The minimum absolute atomic E-state index is 0.00583. The number of hydrogen-bond acceptors (Lipinski definition) is 3. The summed E-state index contributed by atoms with van der Waals surface area (Å²) in [5, 5.41) is 14.2. The van der Waals surface area contributed by atoms with Crippen LogP contribution < -0.4 is 11.1 Å². The molecule has 16 heavy (non-hydrogen) atoms. The smallest absolute Gasteiger partial charge is 0.226 e. The molecule has 1 amide bonds. The van der Waals surface area contributed by atoms with Gasteiger partial charge < -0.3 is 16.3 Å². The summed E-state index contributed by atoms with van der Waals surface area (Å²) in [6.45, 7) is 3.69. The third-order valence-corrected chi connectivity index (χ3v) is 3.41. The number of nitrogens with two attached hydrogens (primary N) is 1. The van der Waals surface area contributed by atoms with Gasteiger partial charge in [-0.25, -0.2) is 0 Å². The first-order chi connectivity index (χ1) is 7.49. The summed E-state index contributed by atoms with van der Waals surface area (Å²) in [6.07, 6.45) is 5.24. The molecule has 0 aromatic heterocycles.